The van der Waals surface area contributed by atoms with Crippen molar-refractivity contribution in [1.82, 2.24) is 0 Å². The van der Waals surface area contributed by atoms with Gasteiger partial charge in [0.2, 0.25) is 0 Å². The van der Waals surface area contributed by atoms with Crippen molar-refractivity contribution in [2.24, 2.45) is 0 Å². The summed E-state index contributed by atoms with van der Waals surface area (Å²) in [7, 11) is 0. The van der Waals surface area contributed by atoms with Crippen LogP contribution in [-0.4, -0.2) is 0 Å². The number of anilines is 1. The number of nitrogens with two attached hydrogens (primary N) is 1. The molecule has 2 aromatic rings. The quantitative estimate of drug-likeness (QED) is 0.846. The van der Waals surface area contributed by atoms with Gasteiger partial charge in [-0.2, -0.15) is 0 Å². The van der Waals surface area contributed by atoms with E-state index in [4.69, 9.17) is 22.1 Å². The highest BCUT2D eigenvalue weighted by atomic mass is 79.9. The highest BCUT2D eigenvalue weighted by Gasteiger charge is 2.03. The summed E-state index contributed by atoms with van der Waals surface area (Å²) in [5.41, 5.74) is 6.99. The topological polar surface area (TPSA) is 35.2 Å². The number of hydrogen-bond acceptors (Lipinski definition) is 2. The molecule has 2 N–H and O–H groups in total. The lowest BCUT2D eigenvalue weighted by Gasteiger charge is -2.08. The Bertz CT molecular complexity index is 557. The third kappa shape index (κ3) is 3.37. The first-order valence-corrected chi connectivity index (χ1v) is 6.34. The van der Waals surface area contributed by atoms with Gasteiger partial charge in [0.15, 0.2) is 0 Å². The van der Waals surface area contributed by atoms with Gasteiger partial charge in [0, 0.05) is 16.2 Å². The number of halogens is 3. The van der Waals surface area contributed by atoms with Gasteiger partial charge in [0.25, 0.3) is 0 Å². The van der Waals surface area contributed by atoms with Crippen molar-refractivity contribution in [3.8, 4) is 5.75 Å². The molecule has 5 heteroatoms. The van der Waals surface area contributed by atoms with Gasteiger partial charge >= 0.3 is 0 Å². The fourth-order valence-corrected chi connectivity index (χ4v) is 2.07. The van der Waals surface area contributed by atoms with Gasteiger partial charge < -0.3 is 10.5 Å². The molecule has 0 aliphatic rings. The molecule has 0 unspecified atom stereocenters. The molecular formula is C13H10BrClFNO. The van der Waals surface area contributed by atoms with Crippen molar-refractivity contribution < 1.29 is 9.13 Å². The summed E-state index contributed by atoms with van der Waals surface area (Å²) in [5.74, 6) is 0.170. The van der Waals surface area contributed by atoms with Crippen LogP contribution in [0.5, 0.6) is 5.75 Å². The zero-order valence-electron chi connectivity index (χ0n) is 9.29. The second kappa shape index (κ2) is 5.59. The minimum atomic E-state index is -0.452. The van der Waals surface area contributed by atoms with Crippen LogP contribution in [0.1, 0.15) is 5.56 Å². The lowest BCUT2D eigenvalue weighted by Crippen LogP contribution is -1.97. The van der Waals surface area contributed by atoms with Crippen LogP contribution in [0.2, 0.25) is 5.02 Å². The zero-order valence-corrected chi connectivity index (χ0v) is 11.6. The summed E-state index contributed by atoms with van der Waals surface area (Å²) in [6.07, 6.45) is 0. The van der Waals surface area contributed by atoms with Crippen molar-refractivity contribution in [3.63, 3.8) is 0 Å². The molecule has 0 spiro atoms. The molecule has 0 fully saturated rings. The van der Waals surface area contributed by atoms with Gasteiger partial charge in [-0.15, -0.1) is 0 Å². The number of hydrogen-bond donors (Lipinski definition) is 1. The van der Waals surface area contributed by atoms with Crippen LogP contribution in [0, 0.1) is 5.82 Å². The van der Waals surface area contributed by atoms with Crippen LogP contribution in [0.25, 0.3) is 0 Å². The lowest BCUT2D eigenvalue weighted by atomic mass is 10.2. The number of ether oxygens (including phenoxy) is 1. The minimum Gasteiger partial charge on any atom is -0.489 e. The molecule has 0 saturated heterocycles. The molecule has 0 radical (unpaired) electrons. The number of rotatable bonds is 3. The van der Waals surface area contributed by atoms with E-state index in [1.165, 1.54) is 12.1 Å². The minimum absolute atomic E-state index is 0.102. The Morgan fingerprint density at radius 1 is 1.22 bits per heavy atom. The van der Waals surface area contributed by atoms with Crippen LogP contribution in [-0.2, 0) is 6.61 Å². The predicted octanol–water partition coefficient (Wildman–Crippen LogP) is 4.40. The average molecular weight is 331 g/mol. The molecule has 0 atom stereocenters. The number of benzene rings is 2. The summed E-state index contributed by atoms with van der Waals surface area (Å²) in [4.78, 5) is 0. The van der Waals surface area contributed by atoms with Gasteiger partial charge in [0.05, 0.1) is 5.02 Å². The van der Waals surface area contributed by atoms with Crippen LogP contribution < -0.4 is 10.5 Å². The fraction of sp³-hybridized carbons (Fsp3) is 0.0769. The SMILES string of the molecule is Nc1cc(Br)cc(OCc2ccc(Cl)c(F)c2)c1. The molecule has 0 aliphatic heterocycles. The van der Waals surface area contributed by atoms with E-state index < -0.39 is 5.82 Å². The Hall–Kier alpha value is -1.26. The zero-order chi connectivity index (χ0) is 13.1. The largest absolute Gasteiger partial charge is 0.489 e. The molecule has 2 nitrogen and oxygen atoms in total. The van der Waals surface area contributed by atoms with E-state index in [-0.39, 0.29) is 11.6 Å². The van der Waals surface area contributed by atoms with E-state index in [0.29, 0.717) is 17.0 Å². The summed E-state index contributed by atoms with van der Waals surface area (Å²) in [5, 5.41) is 0.102. The average Bonchev–Trinajstić information content (AvgIpc) is 2.29. The Labute approximate surface area is 118 Å². The third-order valence-electron chi connectivity index (χ3n) is 2.28. The second-order valence-electron chi connectivity index (χ2n) is 3.76. The molecular weight excluding hydrogens is 321 g/mol. The smallest absolute Gasteiger partial charge is 0.142 e. The maximum atomic E-state index is 13.2. The molecule has 0 amide bonds. The normalized spacial score (nSPS) is 10.4. The highest BCUT2D eigenvalue weighted by molar-refractivity contribution is 9.10. The molecule has 0 bridgehead atoms. The first kappa shape index (κ1) is 13.2. The summed E-state index contributed by atoms with van der Waals surface area (Å²) < 4.78 is 19.6. The van der Waals surface area contributed by atoms with Crippen molar-refractivity contribution in [3.05, 3.63) is 57.3 Å². The molecule has 0 heterocycles. The molecule has 18 heavy (non-hydrogen) atoms. The van der Waals surface area contributed by atoms with E-state index in [1.54, 1.807) is 24.3 Å². The summed E-state index contributed by atoms with van der Waals surface area (Å²) in [6, 6.07) is 9.84. The van der Waals surface area contributed by atoms with Crippen LogP contribution in [0.3, 0.4) is 0 Å². The molecule has 0 saturated carbocycles. The van der Waals surface area contributed by atoms with Crippen LogP contribution in [0.4, 0.5) is 10.1 Å². The van der Waals surface area contributed by atoms with E-state index in [0.717, 1.165) is 4.47 Å². The fourth-order valence-electron chi connectivity index (χ4n) is 1.46. The van der Waals surface area contributed by atoms with Gasteiger partial charge in [-0.05, 0) is 29.8 Å². The first-order chi connectivity index (χ1) is 8.54. The van der Waals surface area contributed by atoms with Crippen molar-refractivity contribution in [2.75, 3.05) is 5.73 Å². The van der Waals surface area contributed by atoms with Gasteiger partial charge in [-0.1, -0.05) is 33.6 Å². The van der Waals surface area contributed by atoms with Gasteiger partial charge in [0.1, 0.15) is 18.2 Å². The Morgan fingerprint density at radius 3 is 2.67 bits per heavy atom. The summed E-state index contributed by atoms with van der Waals surface area (Å²) >= 11 is 8.92. The van der Waals surface area contributed by atoms with E-state index in [2.05, 4.69) is 15.9 Å². The van der Waals surface area contributed by atoms with Gasteiger partial charge in [-0.3, -0.25) is 0 Å². The summed E-state index contributed by atoms with van der Waals surface area (Å²) in [6.45, 7) is 0.254. The van der Waals surface area contributed by atoms with Crippen LogP contribution in [0.15, 0.2) is 40.9 Å². The molecule has 2 rings (SSSR count). The Morgan fingerprint density at radius 2 is 2.00 bits per heavy atom. The van der Waals surface area contributed by atoms with Crippen LogP contribution >= 0.6 is 27.5 Å². The van der Waals surface area contributed by atoms with Gasteiger partial charge in [-0.25, -0.2) is 4.39 Å². The molecule has 2 aromatic carbocycles. The molecule has 0 aromatic heterocycles. The maximum absolute atomic E-state index is 13.2. The lowest BCUT2D eigenvalue weighted by molar-refractivity contribution is 0.305. The third-order valence-corrected chi connectivity index (χ3v) is 3.05. The monoisotopic (exact) mass is 329 g/mol. The van der Waals surface area contributed by atoms with E-state index in [9.17, 15) is 4.39 Å². The Balaban J connectivity index is 2.08. The Kier molecular flexibility index (Phi) is 4.09. The van der Waals surface area contributed by atoms with Crippen molar-refractivity contribution in [1.29, 1.82) is 0 Å². The molecule has 94 valence electrons. The molecule has 0 aliphatic carbocycles. The maximum Gasteiger partial charge on any atom is 0.142 e. The van der Waals surface area contributed by atoms with Crippen molar-refractivity contribution in [2.45, 2.75) is 6.61 Å². The van der Waals surface area contributed by atoms with E-state index in [1.807, 2.05) is 0 Å². The van der Waals surface area contributed by atoms with E-state index >= 15 is 0 Å². The standard InChI is InChI=1S/C13H10BrClFNO/c14-9-4-10(17)6-11(5-9)18-7-8-1-2-12(15)13(16)3-8/h1-6H,7,17H2. The van der Waals surface area contributed by atoms with Crippen molar-refractivity contribution >= 4 is 33.2 Å². The second-order valence-corrected chi connectivity index (χ2v) is 5.08. The predicted molar refractivity (Wildman–Crippen MR) is 74.3 cm³/mol. The number of nitrogen functional groups attached to an aromatic ring is 1. The highest BCUT2D eigenvalue weighted by Crippen LogP contribution is 2.24. The first-order valence-electron chi connectivity index (χ1n) is 5.17.